The molecular formula is C14H20O. The van der Waals surface area contributed by atoms with Gasteiger partial charge in [0.15, 0.2) is 0 Å². The van der Waals surface area contributed by atoms with Crippen molar-refractivity contribution < 1.29 is 5.11 Å². The third-order valence-corrected chi connectivity index (χ3v) is 3.76. The van der Waals surface area contributed by atoms with Crippen LogP contribution in [0.4, 0.5) is 0 Å². The van der Waals surface area contributed by atoms with E-state index in [0.717, 1.165) is 18.4 Å². The van der Waals surface area contributed by atoms with Gasteiger partial charge in [0.25, 0.3) is 0 Å². The van der Waals surface area contributed by atoms with Crippen LogP contribution < -0.4 is 0 Å². The van der Waals surface area contributed by atoms with Crippen LogP contribution in [0.25, 0.3) is 0 Å². The van der Waals surface area contributed by atoms with E-state index in [1.54, 1.807) is 0 Å². The minimum Gasteiger partial charge on any atom is -0.388 e. The Morgan fingerprint density at radius 1 is 1.27 bits per heavy atom. The average molecular weight is 204 g/mol. The highest BCUT2D eigenvalue weighted by Crippen LogP contribution is 2.47. The van der Waals surface area contributed by atoms with Gasteiger partial charge in [-0.1, -0.05) is 49.6 Å². The third kappa shape index (κ3) is 2.07. The monoisotopic (exact) mass is 204 g/mol. The van der Waals surface area contributed by atoms with Crippen LogP contribution in [-0.4, -0.2) is 5.11 Å². The summed E-state index contributed by atoms with van der Waals surface area (Å²) in [4.78, 5) is 0. The van der Waals surface area contributed by atoms with Gasteiger partial charge in [-0.05, 0) is 30.7 Å². The molecule has 1 aliphatic rings. The van der Waals surface area contributed by atoms with Gasteiger partial charge in [0.1, 0.15) is 0 Å². The molecule has 0 amide bonds. The summed E-state index contributed by atoms with van der Waals surface area (Å²) in [6.45, 7) is 4.29. The summed E-state index contributed by atoms with van der Waals surface area (Å²) >= 11 is 0. The van der Waals surface area contributed by atoms with Gasteiger partial charge in [-0.25, -0.2) is 0 Å². The number of hydrogen-bond donors (Lipinski definition) is 1. The molecule has 1 N–H and O–H groups in total. The lowest BCUT2D eigenvalue weighted by atomic mass is 9.79. The number of aliphatic hydroxyl groups is 1. The van der Waals surface area contributed by atoms with E-state index in [2.05, 4.69) is 26.0 Å². The van der Waals surface area contributed by atoms with E-state index in [1.807, 2.05) is 12.1 Å². The van der Waals surface area contributed by atoms with E-state index >= 15 is 0 Å². The first-order valence-electron chi connectivity index (χ1n) is 5.86. The van der Waals surface area contributed by atoms with E-state index in [1.165, 1.54) is 18.4 Å². The summed E-state index contributed by atoms with van der Waals surface area (Å²) in [6.07, 6.45) is 4.54. The van der Waals surface area contributed by atoms with Gasteiger partial charge < -0.3 is 5.11 Å². The summed E-state index contributed by atoms with van der Waals surface area (Å²) in [5, 5.41) is 10.4. The predicted octanol–water partition coefficient (Wildman–Crippen LogP) is 3.61. The lowest BCUT2D eigenvalue weighted by molar-refractivity contribution is 0.0408. The normalized spacial score (nSPS) is 21.5. The van der Waals surface area contributed by atoms with Crippen molar-refractivity contribution in [3.05, 3.63) is 35.4 Å². The van der Waals surface area contributed by atoms with Crippen molar-refractivity contribution >= 4 is 0 Å². The maximum absolute atomic E-state index is 10.4. The van der Waals surface area contributed by atoms with Gasteiger partial charge in [-0.15, -0.1) is 0 Å². The molecule has 1 heteroatoms. The first-order valence-corrected chi connectivity index (χ1v) is 5.86. The van der Waals surface area contributed by atoms with Crippen LogP contribution >= 0.6 is 0 Å². The van der Waals surface area contributed by atoms with Crippen molar-refractivity contribution in [3.63, 3.8) is 0 Å². The molecule has 0 aliphatic heterocycles. The third-order valence-electron chi connectivity index (χ3n) is 3.76. The van der Waals surface area contributed by atoms with E-state index in [-0.39, 0.29) is 11.5 Å². The molecule has 1 aromatic carbocycles. The summed E-state index contributed by atoms with van der Waals surface area (Å²) in [7, 11) is 0. The van der Waals surface area contributed by atoms with Gasteiger partial charge in [0.2, 0.25) is 0 Å². The first-order chi connectivity index (χ1) is 7.12. The maximum Gasteiger partial charge on any atom is 0.0843 e. The highest BCUT2D eigenvalue weighted by atomic mass is 16.3. The molecule has 1 unspecified atom stereocenters. The van der Waals surface area contributed by atoms with Crippen molar-refractivity contribution in [1.82, 2.24) is 0 Å². The molecule has 0 saturated heterocycles. The Labute approximate surface area is 92.1 Å². The average Bonchev–Trinajstić information content (AvgIpc) is 2.65. The Hall–Kier alpha value is -0.820. The number of benzene rings is 1. The molecule has 0 aromatic heterocycles. The standard InChI is InChI=1S/C14H20O/c1-11-6-5-7-12(10-11)13(15)14(2)8-3-4-9-14/h5-7,10,13,15H,3-4,8-9H2,1-2H3. The predicted molar refractivity (Wildman–Crippen MR) is 62.7 cm³/mol. The van der Waals surface area contributed by atoms with E-state index in [0.29, 0.717) is 0 Å². The van der Waals surface area contributed by atoms with Crippen molar-refractivity contribution in [3.8, 4) is 0 Å². The summed E-state index contributed by atoms with van der Waals surface area (Å²) < 4.78 is 0. The largest absolute Gasteiger partial charge is 0.388 e. The van der Waals surface area contributed by atoms with Crippen molar-refractivity contribution in [2.45, 2.75) is 45.6 Å². The molecule has 1 atom stereocenters. The molecule has 0 radical (unpaired) electrons. The highest BCUT2D eigenvalue weighted by molar-refractivity contribution is 5.25. The fourth-order valence-electron chi connectivity index (χ4n) is 2.70. The molecule has 1 aliphatic carbocycles. The molecule has 1 fully saturated rings. The fraction of sp³-hybridized carbons (Fsp3) is 0.571. The Kier molecular flexibility index (Phi) is 2.83. The van der Waals surface area contributed by atoms with Crippen LogP contribution in [0, 0.1) is 12.3 Å². The van der Waals surface area contributed by atoms with Crippen molar-refractivity contribution in [1.29, 1.82) is 0 Å². The minimum absolute atomic E-state index is 0.105. The highest BCUT2D eigenvalue weighted by Gasteiger charge is 2.36. The van der Waals surface area contributed by atoms with E-state index in [4.69, 9.17) is 0 Å². The Morgan fingerprint density at radius 3 is 2.53 bits per heavy atom. The molecule has 15 heavy (non-hydrogen) atoms. The lowest BCUT2D eigenvalue weighted by Gasteiger charge is -2.30. The van der Waals surface area contributed by atoms with E-state index in [9.17, 15) is 5.11 Å². The molecule has 82 valence electrons. The first kappa shape index (κ1) is 10.7. The summed E-state index contributed by atoms with van der Waals surface area (Å²) in [6, 6.07) is 8.26. The topological polar surface area (TPSA) is 20.2 Å². The molecule has 1 nitrogen and oxygen atoms in total. The van der Waals surface area contributed by atoms with Gasteiger partial charge in [-0.2, -0.15) is 0 Å². The zero-order chi connectivity index (χ0) is 10.9. The molecular weight excluding hydrogens is 184 g/mol. The fourth-order valence-corrected chi connectivity index (χ4v) is 2.70. The second-order valence-electron chi connectivity index (χ2n) is 5.18. The maximum atomic E-state index is 10.4. The van der Waals surface area contributed by atoms with Gasteiger partial charge in [0, 0.05) is 0 Å². The Morgan fingerprint density at radius 2 is 1.93 bits per heavy atom. The van der Waals surface area contributed by atoms with Crippen LogP contribution in [0.2, 0.25) is 0 Å². The Balaban J connectivity index is 2.23. The second kappa shape index (κ2) is 3.97. The van der Waals surface area contributed by atoms with Crippen molar-refractivity contribution in [2.75, 3.05) is 0 Å². The van der Waals surface area contributed by atoms with Gasteiger partial charge in [0.05, 0.1) is 6.10 Å². The number of rotatable bonds is 2. The Bertz CT molecular complexity index is 337. The zero-order valence-corrected chi connectivity index (χ0v) is 9.66. The molecule has 1 aromatic rings. The van der Waals surface area contributed by atoms with Gasteiger partial charge >= 0.3 is 0 Å². The van der Waals surface area contributed by atoms with Crippen LogP contribution in [0.1, 0.15) is 49.8 Å². The summed E-state index contributed by atoms with van der Waals surface area (Å²) in [5.41, 5.74) is 2.42. The minimum atomic E-state index is -0.292. The second-order valence-corrected chi connectivity index (χ2v) is 5.18. The molecule has 0 bridgehead atoms. The lowest BCUT2D eigenvalue weighted by Crippen LogP contribution is -2.21. The van der Waals surface area contributed by atoms with E-state index < -0.39 is 0 Å². The van der Waals surface area contributed by atoms with Crippen LogP contribution in [0.3, 0.4) is 0 Å². The molecule has 0 spiro atoms. The quantitative estimate of drug-likeness (QED) is 0.780. The summed E-state index contributed by atoms with van der Waals surface area (Å²) in [5.74, 6) is 0. The van der Waals surface area contributed by atoms with Crippen LogP contribution in [0.5, 0.6) is 0 Å². The smallest absolute Gasteiger partial charge is 0.0843 e. The number of aliphatic hydroxyl groups excluding tert-OH is 1. The molecule has 0 heterocycles. The van der Waals surface area contributed by atoms with Crippen LogP contribution in [-0.2, 0) is 0 Å². The zero-order valence-electron chi connectivity index (χ0n) is 9.66. The van der Waals surface area contributed by atoms with Gasteiger partial charge in [-0.3, -0.25) is 0 Å². The number of hydrogen-bond acceptors (Lipinski definition) is 1. The van der Waals surface area contributed by atoms with Crippen molar-refractivity contribution in [2.24, 2.45) is 5.41 Å². The number of aryl methyl sites for hydroxylation is 1. The van der Waals surface area contributed by atoms with Crippen LogP contribution in [0.15, 0.2) is 24.3 Å². The SMILES string of the molecule is Cc1cccc(C(O)C2(C)CCCC2)c1. The molecule has 1 saturated carbocycles. The molecule has 2 rings (SSSR count).